The highest BCUT2D eigenvalue weighted by Gasteiger charge is 1.85. The van der Waals surface area contributed by atoms with Crippen molar-refractivity contribution in [3.8, 4) is 0 Å². The highest BCUT2D eigenvalue weighted by atomic mass is 32.1. The average molecular weight is 111 g/mol. The number of hydrogen-bond acceptors (Lipinski definition) is 1. The van der Waals surface area contributed by atoms with Crippen molar-refractivity contribution in [2.75, 3.05) is 0 Å². The first-order chi connectivity index (χ1) is 3.29. The van der Waals surface area contributed by atoms with Crippen LogP contribution in [0.15, 0.2) is 5.38 Å². The van der Waals surface area contributed by atoms with E-state index in [1.165, 1.54) is 10.4 Å². The van der Waals surface area contributed by atoms with Gasteiger partial charge in [0.2, 0.25) is 0 Å². The molecule has 0 amide bonds. The van der Waals surface area contributed by atoms with Gasteiger partial charge < -0.3 is 0 Å². The van der Waals surface area contributed by atoms with Crippen LogP contribution in [-0.4, -0.2) is 0 Å². The zero-order valence-electron chi connectivity index (χ0n) is 4.49. The van der Waals surface area contributed by atoms with Gasteiger partial charge in [-0.15, -0.1) is 11.3 Å². The van der Waals surface area contributed by atoms with Gasteiger partial charge in [0.25, 0.3) is 0 Å². The summed E-state index contributed by atoms with van der Waals surface area (Å²) >= 11 is 1.75. The van der Waals surface area contributed by atoms with E-state index >= 15 is 0 Å². The standard InChI is InChI=1S/C6H7S/c1-5-3-6(2)7-4-5/h4H,1-2H3. The van der Waals surface area contributed by atoms with Crippen LogP contribution in [0.2, 0.25) is 0 Å². The molecule has 0 saturated heterocycles. The Labute approximate surface area is 47.8 Å². The van der Waals surface area contributed by atoms with Gasteiger partial charge in [-0.3, -0.25) is 0 Å². The molecule has 0 spiro atoms. The van der Waals surface area contributed by atoms with E-state index in [4.69, 9.17) is 0 Å². The highest BCUT2D eigenvalue weighted by molar-refractivity contribution is 7.09. The van der Waals surface area contributed by atoms with Crippen LogP contribution in [0.5, 0.6) is 0 Å². The number of aryl methyl sites for hydroxylation is 2. The van der Waals surface area contributed by atoms with Crippen LogP contribution in [0.1, 0.15) is 10.4 Å². The molecule has 7 heavy (non-hydrogen) atoms. The van der Waals surface area contributed by atoms with E-state index in [9.17, 15) is 0 Å². The number of rotatable bonds is 0. The van der Waals surface area contributed by atoms with Gasteiger partial charge >= 0.3 is 0 Å². The molecule has 37 valence electrons. The minimum absolute atomic E-state index is 1.25. The third-order valence-electron chi connectivity index (χ3n) is 0.786. The molecule has 0 unspecified atom stereocenters. The summed E-state index contributed by atoms with van der Waals surface area (Å²) in [5.41, 5.74) is 1.25. The molecule has 1 radical (unpaired) electrons. The Morgan fingerprint density at radius 3 is 2.43 bits per heavy atom. The van der Waals surface area contributed by atoms with Gasteiger partial charge in [0.15, 0.2) is 0 Å². The Morgan fingerprint density at radius 2 is 2.29 bits per heavy atom. The molecule has 1 aromatic heterocycles. The first kappa shape index (κ1) is 4.85. The SMILES string of the molecule is Cc1[c]c(C)sc1. The van der Waals surface area contributed by atoms with E-state index in [2.05, 4.69) is 25.3 Å². The quantitative estimate of drug-likeness (QED) is 0.481. The van der Waals surface area contributed by atoms with Gasteiger partial charge in [-0.05, 0) is 30.9 Å². The lowest BCUT2D eigenvalue weighted by atomic mass is 10.4. The van der Waals surface area contributed by atoms with Crippen LogP contribution in [0, 0.1) is 19.9 Å². The Hall–Kier alpha value is -0.300. The molecular formula is C6H7S. The van der Waals surface area contributed by atoms with E-state index < -0.39 is 0 Å². The lowest BCUT2D eigenvalue weighted by Crippen LogP contribution is -1.55. The van der Waals surface area contributed by atoms with Crippen LogP contribution in [0.3, 0.4) is 0 Å². The summed E-state index contributed by atoms with van der Waals surface area (Å²) in [4.78, 5) is 1.28. The van der Waals surface area contributed by atoms with Crippen LogP contribution in [0.25, 0.3) is 0 Å². The van der Waals surface area contributed by atoms with Crippen LogP contribution in [-0.2, 0) is 0 Å². The zero-order chi connectivity index (χ0) is 5.28. The lowest BCUT2D eigenvalue weighted by molar-refractivity contribution is 1.49. The number of thiophene rings is 1. The summed E-state index contributed by atoms with van der Waals surface area (Å²) < 4.78 is 0. The maximum Gasteiger partial charge on any atom is 0.00958 e. The first-order valence-electron chi connectivity index (χ1n) is 2.23. The second-order valence-corrected chi connectivity index (χ2v) is 2.68. The molecule has 0 saturated carbocycles. The van der Waals surface area contributed by atoms with Gasteiger partial charge in [-0.1, -0.05) is 0 Å². The molecule has 0 N–H and O–H groups in total. The van der Waals surface area contributed by atoms with Crippen molar-refractivity contribution in [2.24, 2.45) is 0 Å². The van der Waals surface area contributed by atoms with E-state index in [0.29, 0.717) is 0 Å². The van der Waals surface area contributed by atoms with Crippen molar-refractivity contribution in [3.63, 3.8) is 0 Å². The average Bonchev–Trinajstić information content (AvgIpc) is 1.87. The van der Waals surface area contributed by atoms with Crippen molar-refractivity contribution in [3.05, 3.63) is 21.9 Å². The monoisotopic (exact) mass is 111 g/mol. The van der Waals surface area contributed by atoms with Crippen LogP contribution < -0.4 is 0 Å². The molecule has 0 aliphatic rings. The molecule has 0 nitrogen and oxygen atoms in total. The Morgan fingerprint density at radius 1 is 1.57 bits per heavy atom. The number of hydrogen-bond donors (Lipinski definition) is 0. The first-order valence-corrected chi connectivity index (χ1v) is 3.11. The summed E-state index contributed by atoms with van der Waals surface area (Å²) in [5.74, 6) is 0. The second-order valence-electron chi connectivity index (χ2n) is 1.60. The summed E-state index contributed by atoms with van der Waals surface area (Å²) in [6, 6.07) is 3.16. The second kappa shape index (κ2) is 1.66. The maximum atomic E-state index is 3.16. The van der Waals surface area contributed by atoms with Gasteiger partial charge in [0.05, 0.1) is 0 Å². The fraction of sp³-hybridized carbons (Fsp3) is 0.333. The minimum atomic E-state index is 1.25. The zero-order valence-corrected chi connectivity index (χ0v) is 5.30. The summed E-state index contributed by atoms with van der Waals surface area (Å²) in [6.07, 6.45) is 0. The molecule has 0 bridgehead atoms. The summed E-state index contributed by atoms with van der Waals surface area (Å²) in [6.45, 7) is 4.13. The maximum absolute atomic E-state index is 3.16. The summed E-state index contributed by atoms with van der Waals surface area (Å²) in [5, 5.41) is 2.11. The van der Waals surface area contributed by atoms with Crippen LogP contribution >= 0.6 is 11.3 Å². The smallest absolute Gasteiger partial charge is 0.00958 e. The molecule has 0 aliphatic carbocycles. The molecule has 1 heterocycles. The molecule has 1 rings (SSSR count). The van der Waals surface area contributed by atoms with E-state index in [-0.39, 0.29) is 0 Å². The molecular weight excluding hydrogens is 104 g/mol. The molecule has 1 aromatic rings. The largest absolute Gasteiger partial charge is 0.148 e. The van der Waals surface area contributed by atoms with Crippen molar-refractivity contribution in [1.29, 1.82) is 0 Å². The highest BCUT2D eigenvalue weighted by Crippen LogP contribution is 2.09. The van der Waals surface area contributed by atoms with Crippen molar-refractivity contribution < 1.29 is 0 Å². The predicted octanol–water partition coefficient (Wildman–Crippen LogP) is 2.17. The van der Waals surface area contributed by atoms with Gasteiger partial charge in [0, 0.05) is 4.88 Å². The third-order valence-corrected chi connectivity index (χ3v) is 1.71. The minimum Gasteiger partial charge on any atom is -0.148 e. The van der Waals surface area contributed by atoms with Crippen molar-refractivity contribution >= 4 is 11.3 Å². The molecule has 1 heteroatoms. The van der Waals surface area contributed by atoms with E-state index in [1.807, 2.05) is 0 Å². The van der Waals surface area contributed by atoms with Crippen LogP contribution in [0.4, 0.5) is 0 Å². The van der Waals surface area contributed by atoms with Gasteiger partial charge in [-0.2, -0.15) is 0 Å². The fourth-order valence-electron chi connectivity index (χ4n) is 0.513. The van der Waals surface area contributed by atoms with Gasteiger partial charge in [0.1, 0.15) is 0 Å². The molecule has 0 aromatic carbocycles. The van der Waals surface area contributed by atoms with Crippen molar-refractivity contribution in [2.45, 2.75) is 13.8 Å². The Kier molecular flexibility index (Phi) is 1.15. The predicted molar refractivity (Wildman–Crippen MR) is 32.6 cm³/mol. The Bertz CT molecular complexity index is 136. The van der Waals surface area contributed by atoms with E-state index in [1.54, 1.807) is 11.3 Å². The van der Waals surface area contributed by atoms with Crippen molar-refractivity contribution in [1.82, 2.24) is 0 Å². The normalized spacial score (nSPS) is 9.43. The molecule has 0 atom stereocenters. The lowest BCUT2D eigenvalue weighted by Gasteiger charge is -1.68. The fourth-order valence-corrected chi connectivity index (χ4v) is 1.15. The van der Waals surface area contributed by atoms with Gasteiger partial charge in [-0.25, -0.2) is 0 Å². The summed E-state index contributed by atoms with van der Waals surface area (Å²) in [7, 11) is 0. The topological polar surface area (TPSA) is 0 Å². The molecule has 0 aliphatic heterocycles. The van der Waals surface area contributed by atoms with E-state index in [0.717, 1.165) is 0 Å². The third kappa shape index (κ3) is 1.03. The molecule has 0 fully saturated rings. The Balaban J connectivity index is 3.04.